The summed E-state index contributed by atoms with van der Waals surface area (Å²) in [4.78, 5) is 11.7. The Bertz CT molecular complexity index is 610. The number of hydrogen-bond donors (Lipinski definition) is 1. The molecule has 0 fully saturated rings. The fraction of sp³-hybridized carbons (Fsp3) is 0.278. The highest BCUT2D eigenvalue weighted by molar-refractivity contribution is 5.89. The van der Waals surface area contributed by atoms with Gasteiger partial charge >= 0.3 is 5.97 Å². The summed E-state index contributed by atoms with van der Waals surface area (Å²) in [7, 11) is 0. The molecule has 2 rings (SSSR count). The van der Waals surface area contributed by atoms with Crippen LogP contribution in [0.5, 0.6) is 5.75 Å². The van der Waals surface area contributed by atoms with Gasteiger partial charge in [0.05, 0.1) is 12.2 Å². The Morgan fingerprint density at radius 3 is 1.95 bits per heavy atom. The molecule has 21 heavy (non-hydrogen) atoms. The van der Waals surface area contributed by atoms with E-state index < -0.39 is 0 Å². The van der Waals surface area contributed by atoms with Crippen molar-refractivity contribution in [3.05, 3.63) is 65.2 Å². The molecular weight excluding hydrogens is 264 g/mol. The van der Waals surface area contributed by atoms with Crippen molar-refractivity contribution in [3.8, 4) is 5.75 Å². The molecule has 2 aromatic carbocycles. The fourth-order valence-corrected chi connectivity index (χ4v) is 2.28. The molecule has 1 N–H and O–H groups in total. The number of ether oxygens (including phenoxy) is 1. The van der Waals surface area contributed by atoms with Crippen molar-refractivity contribution in [2.75, 3.05) is 6.61 Å². The maximum Gasteiger partial charge on any atom is 0.338 e. The predicted octanol–water partition coefficient (Wildman–Crippen LogP) is 3.89. The van der Waals surface area contributed by atoms with E-state index in [1.807, 2.05) is 24.3 Å². The number of esters is 1. The molecule has 0 amide bonds. The monoisotopic (exact) mass is 284 g/mol. The van der Waals surface area contributed by atoms with Crippen LogP contribution in [0.2, 0.25) is 0 Å². The first-order valence-corrected chi connectivity index (χ1v) is 7.02. The molecule has 0 bridgehead atoms. The van der Waals surface area contributed by atoms with Crippen molar-refractivity contribution in [3.63, 3.8) is 0 Å². The highest BCUT2D eigenvalue weighted by Gasteiger charge is 2.23. The van der Waals surface area contributed by atoms with Crippen molar-refractivity contribution < 1.29 is 14.6 Å². The third-order valence-corrected chi connectivity index (χ3v) is 3.71. The van der Waals surface area contributed by atoms with E-state index in [2.05, 4.69) is 13.8 Å². The van der Waals surface area contributed by atoms with Crippen molar-refractivity contribution in [1.82, 2.24) is 0 Å². The number of benzene rings is 2. The molecule has 0 aliphatic heterocycles. The molecule has 110 valence electrons. The standard InChI is InChI=1S/C18H20O3/c1-4-21-17(20)13-5-7-14(8-6-13)18(2,3)15-9-11-16(19)12-10-15/h5-12,19H,4H2,1-3H3. The van der Waals surface area contributed by atoms with E-state index in [1.54, 1.807) is 31.2 Å². The lowest BCUT2D eigenvalue weighted by atomic mass is 9.78. The summed E-state index contributed by atoms with van der Waals surface area (Å²) in [5.74, 6) is -0.0429. The first-order chi connectivity index (χ1) is 9.95. The Morgan fingerprint density at radius 2 is 1.48 bits per heavy atom. The maximum absolute atomic E-state index is 11.7. The van der Waals surface area contributed by atoms with Gasteiger partial charge in [-0.1, -0.05) is 38.1 Å². The minimum absolute atomic E-state index is 0.207. The van der Waals surface area contributed by atoms with Crippen molar-refractivity contribution in [2.45, 2.75) is 26.2 Å². The summed E-state index contributed by atoms with van der Waals surface area (Å²) >= 11 is 0. The second kappa shape index (κ2) is 6.00. The third kappa shape index (κ3) is 3.24. The molecule has 0 heterocycles. The second-order valence-electron chi connectivity index (χ2n) is 5.47. The van der Waals surface area contributed by atoms with Crippen LogP contribution in [-0.2, 0) is 10.2 Å². The number of hydrogen-bond acceptors (Lipinski definition) is 3. The highest BCUT2D eigenvalue weighted by atomic mass is 16.5. The highest BCUT2D eigenvalue weighted by Crippen LogP contribution is 2.32. The number of carbonyl (C=O) groups is 1. The average molecular weight is 284 g/mol. The molecule has 3 heteroatoms. The lowest BCUT2D eigenvalue weighted by Gasteiger charge is -2.26. The van der Waals surface area contributed by atoms with E-state index in [1.165, 1.54) is 0 Å². The Hall–Kier alpha value is -2.29. The molecule has 0 aliphatic carbocycles. The molecule has 0 saturated heterocycles. The molecule has 0 saturated carbocycles. The third-order valence-electron chi connectivity index (χ3n) is 3.71. The Labute approximate surface area is 125 Å². The molecule has 2 aromatic rings. The summed E-state index contributed by atoms with van der Waals surface area (Å²) in [5, 5.41) is 9.39. The van der Waals surface area contributed by atoms with E-state index >= 15 is 0 Å². The van der Waals surface area contributed by atoms with Crippen LogP contribution in [0.3, 0.4) is 0 Å². The first kappa shape index (κ1) is 15.1. The summed E-state index contributed by atoms with van der Waals surface area (Å²) < 4.78 is 4.98. The van der Waals surface area contributed by atoms with Crippen molar-refractivity contribution in [2.24, 2.45) is 0 Å². The van der Waals surface area contributed by atoms with E-state index in [9.17, 15) is 9.90 Å². The van der Waals surface area contributed by atoms with Crippen LogP contribution in [0.15, 0.2) is 48.5 Å². The molecule has 0 spiro atoms. The molecule has 0 aromatic heterocycles. The summed E-state index contributed by atoms with van der Waals surface area (Å²) in [6.07, 6.45) is 0. The maximum atomic E-state index is 11.7. The minimum atomic E-state index is -0.300. The van der Waals surface area contributed by atoms with Crippen LogP contribution < -0.4 is 0 Å². The number of phenols is 1. The van der Waals surface area contributed by atoms with Gasteiger partial charge in [-0.2, -0.15) is 0 Å². The zero-order valence-electron chi connectivity index (χ0n) is 12.6. The van der Waals surface area contributed by atoms with Gasteiger partial charge in [-0.05, 0) is 42.3 Å². The normalized spacial score (nSPS) is 11.2. The lowest BCUT2D eigenvalue weighted by molar-refractivity contribution is 0.0526. The predicted molar refractivity (Wildman–Crippen MR) is 82.6 cm³/mol. The fourth-order valence-electron chi connectivity index (χ4n) is 2.28. The quantitative estimate of drug-likeness (QED) is 0.866. The van der Waals surface area contributed by atoms with Crippen molar-refractivity contribution in [1.29, 1.82) is 0 Å². The van der Waals surface area contributed by atoms with Gasteiger partial charge in [0.15, 0.2) is 0 Å². The summed E-state index contributed by atoms with van der Waals surface area (Å²) in [6, 6.07) is 14.7. The van der Waals surface area contributed by atoms with E-state index in [-0.39, 0.29) is 17.1 Å². The van der Waals surface area contributed by atoms with Crippen LogP contribution in [0.1, 0.15) is 42.3 Å². The number of carbonyl (C=O) groups excluding carboxylic acids is 1. The van der Waals surface area contributed by atoms with E-state index in [4.69, 9.17) is 4.74 Å². The Balaban J connectivity index is 2.28. The van der Waals surface area contributed by atoms with Crippen LogP contribution in [0, 0.1) is 0 Å². The molecule has 3 nitrogen and oxygen atoms in total. The van der Waals surface area contributed by atoms with Gasteiger partial charge in [0.1, 0.15) is 5.75 Å². The van der Waals surface area contributed by atoms with Gasteiger partial charge in [-0.3, -0.25) is 0 Å². The van der Waals surface area contributed by atoms with Gasteiger partial charge in [0, 0.05) is 5.41 Å². The smallest absolute Gasteiger partial charge is 0.338 e. The van der Waals surface area contributed by atoms with Crippen molar-refractivity contribution >= 4 is 5.97 Å². The topological polar surface area (TPSA) is 46.5 Å². The van der Waals surface area contributed by atoms with Gasteiger partial charge in [-0.15, -0.1) is 0 Å². The lowest BCUT2D eigenvalue weighted by Crippen LogP contribution is -2.19. The zero-order valence-corrected chi connectivity index (χ0v) is 12.6. The SMILES string of the molecule is CCOC(=O)c1ccc(C(C)(C)c2ccc(O)cc2)cc1. The molecule has 0 atom stereocenters. The summed E-state index contributed by atoms with van der Waals surface area (Å²) in [5.41, 5.74) is 2.55. The van der Waals surface area contributed by atoms with Gasteiger partial charge in [0.2, 0.25) is 0 Å². The Kier molecular flexibility index (Phi) is 4.32. The zero-order chi connectivity index (χ0) is 15.5. The average Bonchev–Trinajstić information content (AvgIpc) is 2.48. The number of phenolic OH excluding ortho intramolecular Hbond substituents is 1. The van der Waals surface area contributed by atoms with Gasteiger partial charge < -0.3 is 9.84 Å². The van der Waals surface area contributed by atoms with E-state index in [0.29, 0.717) is 12.2 Å². The van der Waals surface area contributed by atoms with Gasteiger partial charge in [-0.25, -0.2) is 4.79 Å². The second-order valence-corrected chi connectivity index (χ2v) is 5.47. The van der Waals surface area contributed by atoms with E-state index in [0.717, 1.165) is 11.1 Å². The molecule has 0 unspecified atom stereocenters. The van der Waals surface area contributed by atoms with Crippen LogP contribution in [-0.4, -0.2) is 17.7 Å². The first-order valence-electron chi connectivity index (χ1n) is 7.02. The Morgan fingerprint density at radius 1 is 1.00 bits per heavy atom. The van der Waals surface area contributed by atoms with Crippen LogP contribution in [0.25, 0.3) is 0 Å². The summed E-state index contributed by atoms with van der Waals surface area (Å²) in [6.45, 7) is 6.39. The number of rotatable bonds is 4. The molecule has 0 aliphatic rings. The number of aromatic hydroxyl groups is 1. The van der Waals surface area contributed by atoms with Crippen LogP contribution in [0.4, 0.5) is 0 Å². The molecular formula is C18H20O3. The van der Waals surface area contributed by atoms with Crippen LogP contribution >= 0.6 is 0 Å². The van der Waals surface area contributed by atoms with Gasteiger partial charge in [0.25, 0.3) is 0 Å². The minimum Gasteiger partial charge on any atom is -0.508 e. The molecule has 0 radical (unpaired) electrons. The largest absolute Gasteiger partial charge is 0.508 e.